The van der Waals surface area contributed by atoms with Crippen LogP contribution in [0, 0.1) is 23.3 Å². The van der Waals surface area contributed by atoms with E-state index < -0.39 is 46.3 Å². The van der Waals surface area contributed by atoms with Crippen molar-refractivity contribution >= 4 is 5.97 Å². The molecule has 26 heavy (non-hydrogen) atoms. The molecule has 0 bridgehead atoms. The number of esters is 1. The molecule has 138 valence electrons. The second-order valence-electron chi connectivity index (χ2n) is 5.32. The van der Waals surface area contributed by atoms with Gasteiger partial charge in [0, 0.05) is 0 Å². The molecule has 0 unspecified atom stereocenters. The van der Waals surface area contributed by atoms with Gasteiger partial charge in [-0.1, -0.05) is 25.5 Å². The second-order valence-corrected chi connectivity index (χ2v) is 5.32. The van der Waals surface area contributed by atoms with Crippen molar-refractivity contribution in [2.24, 2.45) is 0 Å². The summed E-state index contributed by atoms with van der Waals surface area (Å²) in [5.41, 5.74) is -0.597. The van der Waals surface area contributed by atoms with Gasteiger partial charge in [0.05, 0.1) is 11.8 Å². The fraction of sp³-hybridized carbons (Fsp3) is 0.211. The van der Waals surface area contributed by atoms with Crippen LogP contribution >= 0.6 is 0 Å². The van der Waals surface area contributed by atoms with Crippen molar-refractivity contribution in [3.63, 3.8) is 0 Å². The van der Waals surface area contributed by atoms with Gasteiger partial charge in [-0.05, 0) is 37.1 Å². The van der Waals surface area contributed by atoms with Gasteiger partial charge in [-0.3, -0.25) is 0 Å². The van der Waals surface area contributed by atoms with Gasteiger partial charge in [-0.15, -0.1) is 0 Å². The summed E-state index contributed by atoms with van der Waals surface area (Å²) in [6.07, 6.45) is 3.49. The maximum Gasteiger partial charge on any atom is 0.346 e. The molecule has 0 aromatic heterocycles. The van der Waals surface area contributed by atoms with Crippen molar-refractivity contribution in [1.82, 2.24) is 0 Å². The van der Waals surface area contributed by atoms with Crippen LogP contribution in [0.3, 0.4) is 0 Å². The van der Waals surface area contributed by atoms with Gasteiger partial charge < -0.3 is 9.47 Å². The lowest BCUT2D eigenvalue weighted by atomic mass is 10.1. The largest absolute Gasteiger partial charge is 0.462 e. The summed E-state index contributed by atoms with van der Waals surface area (Å²) in [5, 5.41) is 0. The van der Waals surface area contributed by atoms with Crippen molar-refractivity contribution in [2.75, 3.05) is 0 Å². The van der Waals surface area contributed by atoms with Crippen molar-refractivity contribution < 1.29 is 31.8 Å². The Morgan fingerprint density at radius 3 is 2.27 bits per heavy atom. The zero-order valence-electron chi connectivity index (χ0n) is 14.1. The summed E-state index contributed by atoms with van der Waals surface area (Å²) in [4.78, 5) is 12.0. The fourth-order valence-electron chi connectivity index (χ4n) is 2.19. The van der Waals surface area contributed by atoms with Gasteiger partial charge in [0.1, 0.15) is 0 Å². The summed E-state index contributed by atoms with van der Waals surface area (Å²) in [6.45, 7) is 3.41. The van der Waals surface area contributed by atoms with Crippen molar-refractivity contribution in [3.8, 4) is 11.5 Å². The molecule has 0 fully saturated rings. The van der Waals surface area contributed by atoms with Gasteiger partial charge in [0.2, 0.25) is 11.6 Å². The Morgan fingerprint density at radius 1 is 0.962 bits per heavy atom. The normalized spacial score (nSPS) is 11.0. The van der Waals surface area contributed by atoms with E-state index in [0.29, 0.717) is 12.8 Å². The Kier molecular flexibility index (Phi) is 6.38. The zero-order chi connectivity index (χ0) is 19.3. The molecular weight excluding hydrogens is 352 g/mol. The number of carbonyl (C=O) groups excluding carboxylic acids is 1. The van der Waals surface area contributed by atoms with Gasteiger partial charge >= 0.3 is 5.97 Å². The number of aryl methyl sites for hydroxylation is 1. The highest BCUT2D eigenvalue weighted by molar-refractivity contribution is 5.91. The van der Waals surface area contributed by atoms with Gasteiger partial charge in [-0.25, -0.2) is 13.6 Å². The predicted molar refractivity (Wildman–Crippen MR) is 87.1 cm³/mol. The van der Waals surface area contributed by atoms with Crippen LogP contribution in [0.2, 0.25) is 0 Å². The molecule has 2 rings (SSSR count). The van der Waals surface area contributed by atoms with Gasteiger partial charge in [0.25, 0.3) is 0 Å². The minimum Gasteiger partial charge on any atom is -0.462 e. The highest BCUT2D eigenvalue weighted by atomic mass is 19.2. The Balaban J connectivity index is 2.28. The third-order valence-corrected chi connectivity index (χ3v) is 3.45. The van der Waals surface area contributed by atoms with Crippen LogP contribution in [-0.4, -0.2) is 5.97 Å². The first-order valence-electron chi connectivity index (χ1n) is 7.85. The molecule has 0 amide bonds. The molecule has 2 aromatic carbocycles. The minimum absolute atomic E-state index is 0.115. The molecule has 0 radical (unpaired) electrons. The third-order valence-electron chi connectivity index (χ3n) is 3.45. The molecule has 7 heteroatoms. The average Bonchev–Trinajstić information content (AvgIpc) is 2.62. The highest BCUT2D eigenvalue weighted by Gasteiger charge is 2.23. The number of rotatable bonds is 6. The van der Waals surface area contributed by atoms with E-state index in [0.717, 1.165) is 24.5 Å². The molecule has 0 aliphatic rings. The lowest BCUT2D eigenvalue weighted by Gasteiger charge is -2.10. The molecule has 2 aromatic rings. The lowest BCUT2D eigenvalue weighted by Crippen LogP contribution is -2.14. The van der Waals surface area contributed by atoms with Crippen LogP contribution in [0.4, 0.5) is 17.6 Å². The maximum atomic E-state index is 14.1. The standard InChI is InChI=1S/C19H16F4O3/c1-3-5-11-6-7-12(16(21)15(11)20)19(24)26-14-9-8-13(25-10-4-2)17(22)18(14)23/h4,6-10H,3,5H2,1-2H3/b10-4+. The smallest absolute Gasteiger partial charge is 0.346 e. The van der Waals surface area contributed by atoms with E-state index in [2.05, 4.69) is 4.74 Å². The maximum absolute atomic E-state index is 14.1. The van der Waals surface area contributed by atoms with Crippen molar-refractivity contribution in [1.29, 1.82) is 0 Å². The lowest BCUT2D eigenvalue weighted by molar-refractivity contribution is 0.0720. The number of halogens is 4. The first-order chi connectivity index (χ1) is 12.4. The SMILES string of the molecule is C/C=C/Oc1ccc(OC(=O)c2ccc(CCC)c(F)c2F)c(F)c1F. The molecule has 0 spiro atoms. The number of allylic oxidation sites excluding steroid dienone is 1. The first kappa shape index (κ1) is 19.5. The summed E-state index contributed by atoms with van der Waals surface area (Å²) >= 11 is 0. The van der Waals surface area contributed by atoms with Crippen molar-refractivity contribution in [2.45, 2.75) is 26.7 Å². The molecule has 3 nitrogen and oxygen atoms in total. The quantitative estimate of drug-likeness (QED) is 0.299. The molecule has 0 heterocycles. The molecule has 0 aliphatic heterocycles. The van der Waals surface area contributed by atoms with Crippen LogP contribution in [0.15, 0.2) is 36.6 Å². The number of ether oxygens (including phenoxy) is 2. The third kappa shape index (κ3) is 4.04. The number of benzene rings is 2. The number of hydrogen-bond acceptors (Lipinski definition) is 3. The number of carbonyl (C=O) groups is 1. The minimum atomic E-state index is -1.48. The summed E-state index contributed by atoms with van der Waals surface area (Å²) in [7, 11) is 0. The van der Waals surface area contributed by atoms with Crippen LogP contribution in [0.1, 0.15) is 36.2 Å². The van der Waals surface area contributed by atoms with Gasteiger partial charge in [-0.2, -0.15) is 8.78 Å². The van der Waals surface area contributed by atoms with Gasteiger partial charge in [0.15, 0.2) is 23.1 Å². The van der Waals surface area contributed by atoms with Crippen LogP contribution in [0.25, 0.3) is 0 Å². The molecule has 0 saturated carbocycles. The van der Waals surface area contributed by atoms with E-state index in [1.165, 1.54) is 12.1 Å². The van der Waals surface area contributed by atoms with Crippen molar-refractivity contribution in [3.05, 3.63) is 71.0 Å². The molecule has 0 N–H and O–H groups in total. The van der Waals surface area contributed by atoms with E-state index in [4.69, 9.17) is 4.74 Å². The Hall–Kier alpha value is -2.83. The molecule has 0 saturated heterocycles. The molecular formula is C19H16F4O3. The number of hydrogen-bond donors (Lipinski definition) is 0. The second kappa shape index (κ2) is 8.51. The first-order valence-corrected chi connectivity index (χ1v) is 7.85. The zero-order valence-corrected chi connectivity index (χ0v) is 14.1. The summed E-state index contributed by atoms with van der Waals surface area (Å²) < 4.78 is 65.3. The van der Waals surface area contributed by atoms with E-state index in [1.807, 2.05) is 0 Å². The van der Waals surface area contributed by atoms with E-state index in [-0.39, 0.29) is 5.56 Å². The molecule has 0 atom stereocenters. The van der Waals surface area contributed by atoms with E-state index >= 15 is 0 Å². The topological polar surface area (TPSA) is 35.5 Å². The van der Waals surface area contributed by atoms with E-state index in [9.17, 15) is 22.4 Å². The average molecular weight is 368 g/mol. The van der Waals surface area contributed by atoms with E-state index in [1.54, 1.807) is 13.8 Å². The highest BCUT2D eigenvalue weighted by Crippen LogP contribution is 2.29. The van der Waals surface area contributed by atoms with Crippen LogP contribution in [0.5, 0.6) is 11.5 Å². The Labute approximate surface area is 147 Å². The Bertz CT molecular complexity index is 847. The molecule has 0 aliphatic carbocycles. The van der Waals surface area contributed by atoms with Crippen LogP contribution in [-0.2, 0) is 6.42 Å². The summed E-state index contributed by atoms with van der Waals surface area (Å²) in [5.74, 6) is -7.94. The predicted octanol–water partition coefficient (Wildman–Crippen LogP) is 5.33. The monoisotopic (exact) mass is 368 g/mol. The Morgan fingerprint density at radius 2 is 1.62 bits per heavy atom. The summed E-state index contributed by atoms with van der Waals surface area (Å²) in [6, 6.07) is 4.30. The fourth-order valence-corrected chi connectivity index (χ4v) is 2.19. The van der Waals surface area contributed by atoms with Crippen LogP contribution < -0.4 is 9.47 Å².